The second-order valence-corrected chi connectivity index (χ2v) is 7.63. The first-order valence-corrected chi connectivity index (χ1v) is 10.5. The fraction of sp³-hybridized carbons (Fsp3) is 0.318. The van der Waals surface area contributed by atoms with Crippen molar-refractivity contribution >= 4 is 17.7 Å². The Morgan fingerprint density at radius 3 is 2.42 bits per heavy atom. The van der Waals surface area contributed by atoms with Gasteiger partial charge in [0.1, 0.15) is 10.8 Å². The number of amides is 1. The quantitative estimate of drug-likeness (QED) is 0.497. The van der Waals surface area contributed by atoms with E-state index >= 15 is 0 Å². The van der Waals surface area contributed by atoms with Gasteiger partial charge in [0.15, 0.2) is 11.5 Å². The molecule has 1 amide bonds. The lowest BCUT2D eigenvalue weighted by Gasteiger charge is -2.15. The molecule has 2 heterocycles. The molecule has 0 fully saturated rings. The molecule has 0 aliphatic heterocycles. The molecule has 0 radical (unpaired) electrons. The molecule has 0 unspecified atom stereocenters. The van der Waals surface area contributed by atoms with E-state index in [4.69, 9.17) is 18.7 Å². The van der Waals surface area contributed by atoms with Gasteiger partial charge in [-0.2, -0.15) is 0 Å². The largest absolute Gasteiger partial charge is 0.493 e. The van der Waals surface area contributed by atoms with Crippen molar-refractivity contribution in [2.45, 2.75) is 31.2 Å². The molecule has 0 bridgehead atoms. The average molecular weight is 444 g/mol. The van der Waals surface area contributed by atoms with Crippen LogP contribution in [0.25, 0.3) is 0 Å². The van der Waals surface area contributed by atoms with E-state index in [2.05, 4.69) is 15.5 Å². The zero-order valence-corrected chi connectivity index (χ0v) is 19.0. The normalized spacial score (nSPS) is 10.6. The van der Waals surface area contributed by atoms with Gasteiger partial charge in [0.05, 0.1) is 32.6 Å². The van der Waals surface area contributed by atoms with Gasteiger partial charge in [-0.15, -0.1) is 11.8 Å². The molecule has 1 N–H and O–H groups in total. The summed E-state index contributed by atoms with van der Waals surface area (Å²) in [5.41, 5.74) is 3.18. The van der Waals surface area contributed by atoms with Crippen molar-refractivity contribution < 1.29 is 23.5 Å². The predicted octanol–water partition coefficient (Wildman–Crippen LogP) is 3.93. The minimum absolute atomic E-state index is 0.219. The van der Waals surface area contributed by atoms with E-state index in [-0.39, 0.29) is 5.91 Å². The molecule has 0 aliphatic rings. The molecular formula is C22H25N3O5S. The number of carbonyl (C=O) groups is 1. The third kappa shape index (κ3) is 5.11. The number of hydrogen-bond donors (Lipinski definition) is 1. The second kappa shape index (κ2) is 10.2. The van der Waals surface area contributed by atoms with Crippen molar-refractivity contribution in [3.8, 4) is 17.2 Å². The Balaban J connectivity index is 1.73. The van der Waals surface area contributed by atoms with E-state index < -0.39 is 0 Å². The molecule has 9 heteroatoms. The van der Waals surface area contributed by atoms with Crippen molar-refractivity contribution in [3.63, 3.8) is 0 Å². The molecule has 0 aliphatic carbocycles. The van der Waals surface area contributed by atoms with Gasteiger partial charge in [-0.25, -0.2) is 4.98 Å². The van der Waals surface area contributed by atoms with E-state index in [1.54, 1.807) is 51.8 Å². The van der Waals surface area contributed by atoms with Crippen molar-refractivity contribution in [1.29, 1.82) is 0 Å². The lowest BCUT2D eigenvalue weighted by Crippen LogP contribution is -2.23. The number of ether oxygens (including phenoxy) is 3. The number of hydrogen-bond acceptors (Lipinski definition) is 8. The highest BCUT2D eigenvalue weighted by Gasteiger charge is 2.17. The van der Waals surface area contributed by atoms with Crippen molar-refractivity contribution in [1.82, 2.24) is 15.5 Å². The van der Waals surface area contributed by atoms with E-state index in [0.717, 1.165) is 22.6 Å². The van der Waals surface area contributed by atoms with E-state index in [0.29, 0.717) is 40.1 Å². The smallest absolute Gasteiger partial charge is 0.254 e. The van der Waals surface area contributed by atoms with Crippen molar-refractivity contribution in [2.75, 3.05) is 21.3 Å². The topological polar surface area (TPSA) is 95.7 Å². The van der Waals surface area contributed by atoms with Crippen LogP contribution < -0.4 is 19.5 Å². The Labute approximate surface area is 185 Å². The Morgan fingerprint density at radius 1 is 1.13 bits per heavy atom. The maximum Gasteiger partial charge on any atom is 0.254 e. The number of carbonyl (C=O) groups excluding carboxylic acids is 1. The number of aryl methyl sites for hydroxylation is 2. The number of benzene rings is 1. The van der Waals surface area contributed by atoms with E-state index in [1.807, 2.05) is 13.8 Å². The predicted molar refractivity (Wildman–Crippen MR) is 117 cm³/mol. The number of rotatable bonds is 9. The van der Waals surface area contributed by atoms with Crippen LogP contribution in [0.2, 0.25) is 0 Å². The molecule has 2 aromatic heterocycles. The summed E-state index contributed by atoms with van der Waals surface area (Å²) < 4.78 is 21.3. The zero-order chi connectivity index (χ0) is 22.4. The summed E-state index contributed by atoms with van der Waals surface area (Å²) >= 11 is 1.47. The number of thioether (sulfide) groups is 1. The van der Waals surface area contributed by atoms with Crippen LogP contribution in [0, 0.1) is 13.8 Å². The van der Waals surface area contributed by atoms with Gasteiger partial charge in [-0.3, -0.25) is 4.79 Å². The first-order valence-electron chi connectivity index (χ1n) is 9.55. The number of methoxy groups -OCH3 is 3. The van der Waals surface area contributed by atoms with Crippen LogP contribution in [-0.2, 0) is 12.3 Å². The number of nitrogens with zero attached hydrogens (tertiary/aromatic N) is 2. The Bertz CT molecular complexity index is 1020. The first-order chi connectivity index (χ1) is 15.0. The fourth-order valence-electron chi connectivity index (χ4n) is 3.04. The first kappa shape index (κ1) is 22.5. The summed E-state index contributed by atoms with van der Waals surface area (Å²) in [6, 6.07) is 7.11. The Morgan fingerprint density at radius 2 is 1.84 bits per heavy atom. The molecule has 1 aromatic carbocycles. The zero-order valence-electron chi connectivity index (χ0n) is 18.1. The molecule has 31 heavy (non-hydrogen) atoms. The van der Waals surface area contributed by atoms with Gasteiger partial charge >= 0.3 is 0 Å². The molecule has 0 saturated heterocycles. The van der Waals surface area contributed by atoms with E-state index in [9.17, 15) is 4.79 Å². The van der Waals surface area contributed by atoms with Crippen LogP contribution in [0.4, 0.5) is 0 Å². The third-order valence-corrected chi connectivity index (χ3v) is 5.76. The summed E-state index contributed by atoms with van der Waals surface area (Å²) in [4.78, 5) is 17.3. The molecule has 3 rings (SSSR count). The minimum atomic E-state index is -0.219. The maximum atomic E-state index is 12.9. The highest BCUT2D eigenvalue weighted by Crippen LogP contribution is 2.38. The summed E-state index contributed by atoms with van der Waals surface area (Å²) in [7, 11) is 4.65. The summed E-state index contributed by atoms with van der Waals surface area (Å²) in [6.45, 7) is 4.06. The van der Waals surface area contributed by atoms with Crippen LogP contribution in [-0.4, -0.2) is 37.4 Å². The lowest BCUT2D eigenvalue weighted by atomic mass is 10.1. The monoisotopic (exact) mass is 443 g/mol. The Kier molecular flexibility index (Phi) is 7.41. The molecule has 0 spiro atoms. The standard InChI is InChI=1S/C22H25N3O5S/c1-13-17(14(2)30-25-13)12-31-22-16(7-6-8-23-22)21(26)24-11-15-9-18(27-3)20(29-5)19(10-15)28-4/h6-10H,11-12H2,1-5H3,(H,24,26). The summed E-state index contributed by atoms with van der Waals surface area (Å²) in [6.07, 6.45) is 1.67. The Hall–Kier alpha value is -3.20. The molecule has 8 nitrogen and oxygen atoms in total. The van der Waals surface area contributed by atoms with Crippen molar-refractivity contribution in [3.05, 3.63) is 58.6 Å². The number of pyridine rings is 1. The molecule has 0 atom stereocenters. The summed E-state index contributed by atoms with van der Waals surface area (Å²) in [5.74, 6) is 2.74. The fourth-order valence-corrected chi connectivity index (χ4v) is 4.19. The molecule has 0 saturated carbocycles. The minimum Gasteiger partial charge on any atom is -0.493 e. The SMILES string of the molecule is COc1cc(CNC(=O)c2cccnc2SCc2c(C)noc2C)cc(OC)c1OC. The molecule has 3 aromatic rings. The van der Waals surface area contributed by atoms with Gasteiger partial charge in [0.25, 0.3) is 5.91 Å². The highest BCUT2D eigenvalue weighted by atomic mass is 32.2. The average Bonchev–Trinajstić information content (AvgIpc) is 3.12. The molecule has 164 valence electrons. The van der Waals surface area contributed by atoms with Crippen LogP contribution in [0.1, 0.15) is 32.9 Å². The van der Waals surface area contributed by atoms with Gasteiger partial charge in [-0.05, 0) is 43.7 Å². The van der Waals surface area contributed by atoms with Gasteiger partial charge in [0.2, 0.25) is 5.75 Å². The number of aromatic nitrogens is 2. The highest BCUT2D eigenvalue weighted by molar-refractivity contribution is 7.98. The van der Waals surface area contributed by atoms with Crippen LogP contribution in [0.3, 0.4) is 0 Å². The number of nitrogens with one attached hydrogen (secondary N) is 1. The van der Waals surface area contributed by atoms with Crippen LogP contribution >= 0.6 is 11.8 Å². The van der Waals surface area contributed by atoms with Crippen LogP contribution in [0.15, 0.2) is 40.0 Å². The molecular weight excluding hydrogens is 418 g/mol. The summed E-state index contributed by atoms with van der Waals surface area (Å²) in [5, 5.41) is 7.55. The van der Waals surface area contributed by atoms with E-state index in [1.165, 1.54) is 11.8 Å². The van der Waals surface area contributed by atoms with Crippen LogP contribution in [0.5, 0.6) is 17.2 Å². The third-order valence-electron chi connectivity index (χ3n) is 4.73. The van der Waals surface area contributed by atoms with Gasteiger partial charge in [-0.1, -0.05) is 5.16 Å². The van der Waals surface area contributed by atoms with Crippen molar-refractivity contribution in [2.24, 2.45) is 0 Å². The van der Waals surface area contributed by atoms with Gasteiger partial charge in [0, 0.05) is 24.1 Å². The second-order valence-electron chi connectivity index (χ2n) is 6.66. The lowest BCUT2D eigenvalue weighted by molar-refractivity contribution is 0.0947. The van der Waals surface area contributed by atoms with Gasteiger partial charge < -0.3 is 24.1 Å². The maximum absolute atomic E-state index is 12.9.